The number of anilines is 6. The minimum absolute atomic E-state index is 0.0499. The Bertz CT molecular complexity index is 3760. The van der Waals surface area contributed by atoms with Gasteiger partial charge in [-0.05, 0) is 90.0 Å². The van der Waals surface area contributed by atoms with E-state index in [0.717, 1.165) is 48.5 Å². The standard InChI is InChI=1S/C33H27ClN10O19S6/c34-31-38-32(36-18-2-1-3-21(14-18)64(46,47)11-10-63-69(60,61)62)40-33(39-31)37-19-6-9-23(66(51,52)53)22(15-19)42-44-29-25(68(57,58)59)13-16-12-24(67(54,55)56)28(27(35)26(16)30(29)45)43-41-17-4-7-20(8-5-17)65(48,49)50/h1-9,12-15,42H,10-11,35H2,(H,48,49,50)(H,51,52,53)(H,54,55,56)(H,57,58,59)(H,60,61,62)(H2,36,37,38,39,40)/b43-41?,44-29+. The molecule has 29 nitrogen and oxygen atoms in total. The third-order valence-corrected chi connectivity index (χ3v) is 14.5. The number of rotatable bonds is 17. The van der Waals surface area contributed by atoms with E-state index in [9.17, 15) is 73.5 Å². The van der Waals surface area contributed by atoms with Gasteiger partial charge in [0.05, 0.1) is 44.8 Å². The number of allylic oxidation sites excluding steroid dienone is 1. The lowest BCUT2D eigenvalue weighted by atomic mass is 9.92. The largest absolute Gasteiger partial charge is 0.397 e. The molecule has 6 rings (SSSR count). The maximum atomic E-state index is 14.0. The Morgan fingerprint density at radius 3 is 1.84 bits per heavy atom. The van der Waals surface area contributed by atoms with Gasteiger partial charge in [-0.2, -0.15) is 67.3 Å². The average Bonchev–Trinajstić information content (AvgIpc) is 3.20. The second kappa shape index (κ2) is 19.1. The Morgan fingerprint density at radius 2 is 1.28 bits per heavy atom. The van der Waals surface area contributed by atoms with E-state index in [1.807, 2.05) is 0 Å². The van der Waals surface area contributed by atoms with Crippen molar-refractivity contribution < 1.29 is 82.2 Å². The Labute approximate surface area is 394 Å². The summed E-state index contributed by atoms with van der Waals surface area (Å²) in [5.41, 5.74) is 2.91. The fraction of sp³-hybridized carbons (Fsp3) is 0.0606. The number of carbonyl (C=O) groups excluding carboxylic acids is 1. The van der Waals surface area contributed by atoms with E-state index < -0.39 is 138 Å². The molecule has 0 unspecified atom stereocenters. The molecule has 1 aromatic heterocycles. The molecular formula is C33H27ClN10O19S6. The molecule has 1 aliphatic carbocycles. The third-order valence-electron chi connectivity index (χ3n) is 8.69. The average molecular weight is 1100 g/mol. The van der Waals surface area contributed by atoms with E-state index in [-0.39, 0.29) is 33.9 Å². The third kappa shape index (κ3) is 12.8. The van der Waals surface area contributed by atoms with E-state index in [4.69, 9.17) is 21.9 Å². The number of halogens is 1. The van der Waals surface area contributed by atoms with Crippen LogP contribution in [0.4, 0.5) is 46.0 Å². The van der Waals surface area contributed by atoms with E-state index in [2.05, 4.69) is 50.5 Å². The van der Waals surface area contributed by atoms with Gasteiger partial charge in [-0.25, -0.2) is 12.6 Å². The van der Waals surface area contributed by atoms with Gasteiger partial charge in [-0.1, -0.05) is 6.07 Å². The highest BCUT2D eigenvalue weighted by atomic mass is 35.5. The van der Waals surface area contributed by atoms with Crippen molar-refractivity contribution in [3.05, 3.63) is 94.1 Å². The number of nitrogens with one attached hydrogen (secondary N) is 3. The van der Waals surface area contributed by atoms with Crippen LogP contribution in [0, 0.1) is 0 Å². The van der Waals surface area contributed by atoms with E-state index in [0.29, 0.717) is 12.1 Å². The van der Waals surface area contributed by atoms with E-state index >= 15 is 0 Å². The first kappa shape index (κ1) is 51.9. The predicted octanol–water partition coefficient (Wildman–Crippen LogP) is 3.24. The van der Waals surface area contributed by atoms with Crippen molar-refractivity contribution in [2.75, 3.05) is 34.2 Å². The minimum Gasteiger partial charge on any atom is -0.396 e. The van der Waals surface area contributed by atoms with Crippen molar-refractivity contribution in [1.82, 2.24) is 15.0 Å². The molecule has 0 radical (unpaired) electrons. The Hall–Kier alpha value is -6.48. The normalized spacial score (nSPS) is 14.4. The topological polar surface area (TPSA) is 470 Å². The highest BCUT2D eigenvalue weighted by molar-refractivity contribution is 7.91. The van der Waals surface area contributed by atoms with Gasteiger partial charge in [0.2, 0.25) is 23.0 Å². The number of fused-ring (bicyclic) bond motifs is 1. The number of nitrogens with two attached hydrogens (primary N) is 1. The van der Waals surface area contributed by atoms with Gasteiger partial charge in [0, 0.05) is 11.4 Å². The smallest absolute Gasteiger partial charge is 0.396 e. The summed E-state index contributed by atoms with van der Waals surface area (Å²) in [4.78, 5) is 21.6. The second-order valence-corrected chi connectivity index (χ2v) is 22.5. The highest BCUT2D eigenvalue weighted by Crippen LogP contribution is 2.41. The maximum Gasteiger partial charge on any atom is 0.397 e. The number of aromatic nitrogens is 3. The van der Waals surface area contributed by atoms with Crippen LogP contribution in [0.5, 0.6) is 0 Å². The molecule has 5 aromatic rings. The van der Waals surface area contributed by atoms with Crippen LogP contribution in [0.2, 0.25) is 5.28 Å². The van der Waals surface area contributed by atoms with Crippen LogP contribution in [0.15, 0.2) is 113 Å². The van der Waals surface area contributed by atoms with Crippen LogP contribution in [-0.4, -0.2) is 112 Å². The predicted molar refractivity (Wildman–Crippen MR) is 240 cm³/mol. The summed E-state index contributed by atoms with van der Waals surface area (Å²) in [5, 5.41) is 15.9. The minimum atomic E-state index is -5.49. The molecule has 36 heteroatoms. The number of nitrogen functional groups attached to an aromatic ring is 1. The molecule has 0 spiro atoms. The zero-order valence-corrected chi connectivity index (χ0v) is 39.1. The zero-order chi connectivity index (χ0) is 51.1. The number of sulfone groups is 1. The van der Waals surface area contributed by atoms with Crippen molar-refractivity contribution in [2.24, 2.45) is 15.3 Å². The number of carbonyl (C=O) groups is 1. The zero-order valence-electron chi connectivity index (χ0n) is 33.5. The van der Waals surface area contributed by atoms with Crippen molar-refractivity contribution in [2.45, 2.75) is 19.6 Å². The molecule has 0 saturated carbocycles. The van der Waals surface area contributed by atoms with Gasteiger partial charge >= 0.3 is 10.4 Å². The quantitative estimate of drug-likeness (QED) is 0.0279. The molecule has 0 aliphatic heterocycles. The van der Waals surface area contributed by atoms with Crippen molar-refractivity contribution >= 4 is 136 Å². The van der Waals surface area contributed by atoms with Crippen LogP contribution < -0.4 is 21.8 Å². The molecule has 0 bridgehead atoms. The van der Waals surface area contributed by atoms with Crippen LogP contribution in [-0.2, 0) is 64.9 Å². The van der Waals surface area contributed by atoms with E-state index in [1.54, 1.807) is 0 Å². The first-order chi connectivity index (χ1) is 31.8. The number of azo groups is 1. The van der Waals surface area contributed by atoms with Crippen LogP contribution >= 0.6 is 11.6 Å². The van der Waals surface area contributed by atoms with Crippen molar-refractivity contribution in [3.63, 3.8) is 0 Å². The van der Waals surface area contributed by atoms with Crippen LogP contribution in [0.1, 0.15) is 15.9 Å². The summed E-state index contributed by atoms with van der Waals surface area (Å²) >= 11 is 6.09. The molecule has 0 atom stereocenters. The number of ketones is 1. The molecule has 1 aliphatic rings. The molecule has 0 amide bonds. The monoisotopic (exact) mass is 1090 g/mol. The van der Waals surface area contributed by atoms with E-state index in [1.165, 1.54) is 18.2 Å². The molecule has 0 saturated heterocycles. The van der Waals surface area contributed by atoms with Gasteiger partial charge < -0.3 is 16.4 Å². The summed E-state index contributed by atoms with van der Waals surface area (Å²) in [6.45, 7) is -0.901. The molecule has 366 valence electrons. The Morgan fingerprint density at radius 1 is 0.667 bits per heavy atom. The number of nitrogens with zero attached hydrogens (tertiary/aromatic N) is 6. The Kier molecular flexibility index (Phi) is 14.4. The van der Waals surface area contributed by atoms with Crippen molar-refractivity contribution in [1.29, 1.82) is 0 Å². The molecule has 10 N–H and O–H groups in total. The lowest BCUT2D eigenvalue weighted by Gasteiger charge is -2.20. The summed E-state index contributed by atoms with van der Waals surface area (Å²) in [5.74, 6) is -3.03. The molecular weight excluding hydrogens is 1070 g/mol. The second-order valence-electron chi connectivity index (χ2n) is 13.4. The number of hydrazone groups is 1. The lowest BCUT2D eigenvalue weighted by molar-refractivity contribution is 0.106. The van der Waals surface area contributed by atoms with Gasteiger partial charge in [0.1, 0.15) is 20.4 Å². The maximum absolute atomic E-state index is 14.0. The van der Waals surface area contributed by atoms with Gasteiger partial charge in [0.25, 0.3) is 40.5 Å². The molecule has 69 heavy (non-hydrogen) atoms. The SMILES string of the molecule is Nc1c(N=Nc2ccc(S(=O)(=O)O)cc2)c(S(=O)(=O)O)cc2c1C(=O)/C(=N/Nc1cc(Nc3nc(Cl)nc(Nc4cccc(S(=O)(=O)CCOS(=O)(=O)O)c4)n3)ccc1S(=O)(=O)O)C(S(=O)(=O)O)=C2. The summed E-state index contributed by atoms with van der Waals surface area (Å²) in [7, 11) is -29.7. The van der Waals surface area contributed by atoms with Crippen LogP contribution in [0.25, 0.3) is 6.08 Å². The summed E-state index contributed by atoms with van der Waals surface area (Å²) in [6, 6.07) is 12.0. The summed E-state index contributed by atoms with van der Waals surface area (Å²) in [6.07, 6.45) is 0.516. The fourth-order valence-electron chi connectivity index (χ4n) is 5.78. The molecule has 0 fully saturated rings. The number of hydrogen-bond donors (Lipinski definition) is 9. The number of Topliss-reactive ketones (excluding diaryl/α,β-unsaturated/α-hetero) is 1. The van der Waals surface area contributed by atoms with Gasteiger partial charge in [-0.15, -0.1) is 5.11 Å². The summed E-state index contributed by atoms with van der Waals surface area (Å²) < 4.78 is 197. The number of hydrogen-bond acceptors (Lipinski definition) is 24. The van der Waals surface area contributed by atoms with Gasteiger partial charge in [0.15, 0.2) is 15.5 Å². The lowest BCUT2D eigenvalue weighted by Crippen LogP contribution is -2.28. The van der Waals surface area contributed by atoms with Gasteiger partial charge in [-0.3, -0.25) is 33.0 Å². The first-order valence-corrected chi connectivity index (χ1v) is 27.0. The van der Waals surface area contributed by atoms with Crippen LogP contribution in [0.3, 0.4) is 0 Å². The molecule has 1 heterocycles. The Balaban J connectivity index is 1.34. The first-order valence-electron chi connectivity index (χ1n) is 17.8. The van der Waals surface area contributed by atoms with Crippen molar-refractivity contribution in [3.8, 4) is 0 Å². The molecule has 4 aromatic carbocycles. The highest BCUT2D eigenvalue weighted by Gasteiger charge is 2.37. The number of benzene rings is 4. The fourth-order valence-corrected chi connectivity index (χ4v) is 9.90.